The number of rotatable bonds is 7. The third-order valence-corrected chi connectivity index (χ3v) is 4.23. The highest BCUT2D eigenvalue weighted by Gasteiger charge is 2.02. The van der Waals surface area contributed by atoms with Gasteiger partial charge in [0, 0.05) is 43.5 Å². The number of aromatic nitrogens is 2. The Kier molecular flexibility index (Phi) is 6.50. The summed E-state index contributed by atoms with van der Waals surface area (Å²) in [7, 11) is 0. The summed E-state index contributed by atoms with van der Waals surface area (Å²) in [6.07, 6.45) is 5.78. The van der Waals surface area contributed by atoms with E-state index in [4.69, 9.17) is 11.6 Å². The predicted molar refractivity (Wildman–Crippen MR) is 108 cm³/mol. The molecule has 0 atom stereocenters. The molecular formula is C20H24ClN5. The molecule has 0 aliphatic carbocycles. The maximum atomic E-state index is 6.03. The lowest BCUT2D eigenvalue weighted by Gasteiger charge is -2.11. The summed E-state index contributed by atoms with van der Waals surface area (Å²) in [5.74, 6) is 0.832. The van der Waals surface area contributed by atoms with Crippen LogP contribution >= 0.6 is 11.6 Å². The summed E-state index contributed by atoms with van der Waals surface area (Å²) in [4.78, 5) is 9.25. The number of halogens is 1. The molecular weight excluding hydrogens is 346 g/mol. The highest BCUT2D eigenvalue weighted by atomic mass is 35.5. The van der Waals surface area contributed by atoms with Crippen LogP contribution in [0.25, 0.3) is 5.65 Å². The number of pyridine rings is 1. The van der Waals surface area contributed by atoms with Crippen molar-refractivity contribution in [2.45, 2.75) is 19.8 Å². The first-order chi connectivity index (χ1) is 12.7. The number of guanidine groups is 1. The normalized spacial score (nSPS) is 11.7. The molecule has 3 aromatic rings. The molecule has 5 nitrogen and oxygen atoms in total. The van der Waals surface area contributed by atoms with E-state index in [1.165, 1.54) is 5.56 Å². The van der Waals surface area contributed by atoms with Crippen LogP contribution in [0.3, 0.4) is 0 Å². The van der Waals surface area contributed by atoms with Gasteiger partial charge in [0.2, 0.25) is 0 Å². The zero-order valence-electron chi connectivity index (χ0n) is 15.0. The van der Waals surface area contributed by atoms with E-state index in [-0.39, 0.29) is 0 Å². The van der Waals surface area contributed by atoms with Crippen LogP contribution in [0, 0.1) is 0 Å². The van der Waals surface area contributed by atoms with Crippen molar-refractivity contribution >= 4 is 23.2 Å². The van der Waals surface area contributed by atoms with Crippen LogP contribution in [0.1, 0.15) is 18.2 Å². The smallest absolute Gasteiger partial charge is 0.191 e. The second-order valence-corrected chi connectivity index (χ2v) is 6.45. The van der Waals surface area contributed by atoms with Crippen molar-refractivity contribution in [3.63, 3.8) is 0 Å². The largest absolute Gasteiger partial charge is 0.357 e. The van der Waals surface area contributed by atoms with Crippen LogP contribution in [0.5, 0.6) is 0 Å². The SMILES string of the molecule is CCNC(=NCCc1cn2ccccc2n1)NCCc1cccc(Cl)c1. The molecule has 0 amide bonds. The molecule has 26 heavy (non-hydrogen) atoms. The van der Waals surface area contributed by atoms with Gasteiger partial charge in [-0.25, -0.2) is 4.98 Å². The van der Waals surface area contributed by atoms with E-state index in [2.05, 4.69) is 39.8 Å². The van der Waals surface area contributed by atoms with Gasteiger partial charge in [-0.05, 0) is 43.2 Å². The topological polar surface area (TPSA) is 53.7 Å². The fourth-order valence-corrected chi connectivity index (χ4v) is 2.96. The fourth-order valence-electron chi connectivity index (χ4n) is 2.75. The minimum atomic E-state index is 0.691. The van der Waals surface area contributed by atoms with Gasteiger partial charge in [0.1, 0.15) is 5.65 Å². The Labute approximate surface area is 159 Å². The number of aliphatic imine (C=N–C) groups is 1. The number of hydrogen-bond acceptors (Lipinski definition) is 2. The Bertz CT molecular complexity index is 838. The van der Waals surface area contributed by atoms with Crippen molar-refractivity contribution in [1.82, 2.24) is 20.0 Å². The number of benzene rings is 1. The number of imidazole rings is 1. The highest BCUT2D eigenvalue weighted by Crippen LogP contribution is 2.10. The number of nitrogens with zero attached hydrogens (tertiary/aromatic N) is 3. The van der Waals surface area contributed by atoms with Gasteiger partial charge in [-0.1, -0.05) is 29.8 Å². The van der Waals surface area contributed by atoms with Crippen LogP contribution < -0.4 is 10.6 Å². The molecule has 2 heterocycles. The number of fused-ring (bicyclic) bond motifs is 1. The molecule has 0 bridgehead atoms. The monoisotopic (exact) mass is 369 g/mol. The van der Waals surface area contributed by atoms with E-state index in [0.717, 1.165) is 48.3 Å². The summed E-state index contributed by atoms with van der Waals surface area (Å²) >= 11 is 6.03. The lowest BCUT2D eigenvalue weighted by atomic mass is 10.1. The Morgan fingerprint density at radius 2 is 2.08 bits per heavy atom. The van der Waals surface area contributed by atoms with Gasteiger partial charge in [0.15, 0.2) is 5.96 Å². The molecule has 0 saturated heterocycles. The summed E-state index contributed by atoms with van der Waals surface area (Å²) in [5, 5.41) is 7.43. The van der Waals surface area contributed by atoms with Crippen molar-refractivity contribution < 1.29 is 0 Å². The Hall–Kier alpha value is -2.53. The lowest BCUT2D eigenvalue weighted by molar-refractivity contribution is 0.795. The zero-order chi connectivity index (χ0) is 18.2. The van der Waals surface area contributed by atoms with Gasteiger partial charge in [-0.15, -0.1) is 0 Å². The summed E-state index contributed by atoms with van der Waals surface area (Å²) in [6.45, 7) is 4.39. The molecule has 6 heteroatoms. The Balaban J connectivity index is 1.51. The lowest BCUT2D eigenvalue weighted by Crippen LogP contribution is -2.38. The maximum Gasteiger partial charge on any atom is 0.191 e. The molecule has 0 fully saturated rings. The summed E-state index contributed by atoms with van der Waals surface area (Å²) in [5.41, 5.74) is 3.23. The molecule has 3 rings (SSSR count). The van der Waals surface area contributed by atoms with Crippen molar-refractivity contribution in [2.75, 3.05) is 19.6 Å². The van der Waals surface area contributed by atoms with Gasteiger partial charge < -0.3 is 15.0 Å². The molecule has 1 aromatic carbocycles. The minimum absolute atomic E-state index is 0.691. The second kappa shape index (κ2) is 9.25. The van der Waals surface area contributed by atoms with Gasteiger partial charge >= 0.3 is 0 Å². The third-order valence-electron chi connectivity index (χ3n) is 3.99. The molecule has 0 unspecified atom stereocenters. The van der Waals surface area contributed by atoms with E-state index >= 15 is 0 Å². The third kappa shape index (κ3) is 5.23. The van der Waals surface area contributed by atoms with E-state index in [1.807, 2.05) is 47.0 Å². The van der Waals surface area contributed by atoms with Gasteiger partial charge in [-0.3, -0.25) is 4.99 Å². The van der Waals surface area contributed by atoms with Crippen molar-refractivity contribution in [3.8, 4) is 0 Å². The van der Waals surface area contributed by atoms with E-state index in [1.54, 1.807) is 0 Å². The molecule has 2 N–H and O–H groups in total. The van der Waals surface area contributed by atoms with Crippen molar-refractivity contribution in [1.29, 1.82) is 0 Å². The van der Waals surface area contributed by atoms with E-state index in [9.17, 15) is 0 Å². The molecule has 0 aliphatic rings. The quantitative estimate of drug-likeness (QED) is 0.496. The second-order valence-electron chi connectivity index (χ2n) is 6.02. The van der Waals surface area contributed by atoms with Gasteiger partial charge in [-0.2, -0.15) is 0 Å². The van der Waals surface area contributed by atoms with Gasteiger partial charge in [0.25, 0.3) is 0 Å². The average molecular weight is 370 g/mol. The first-order valence-electron chi connectivity index (χ1n) is 8.94. The predicted octanol–water partition coefficient (Wildman–Crippen LogP) is 3.33. The van der Waals surface area contributed by atoms with E-state index in [0.29, 0.717) is 6.54 Å². The highest BCUT2D eigenvalue weighted by molar-refractivity contribution is 6.30. The molecule has 2 aromatic heterocycles. The van der Waals surface area contributed by atoms with Crippen LogP contribution in [0.4, 0.5) is 0 Å². The number of hydrogen-bond donors (Lipinski definition) is 2. The van der Waals surface area contributed by atoms with Crippen LogP contribution in [-0.4, -0.2) is 35.0 Å². The first kappa shape index (κ1) is 18.3. The summed E-state index contributed by atoms with van der Waals surface area (Å²) < 4.78 is 2.04. The molecule has 0 spiro atoms. The maximum absolute atomic E-state index is 6.03. The average Bonchev–Trinajstić information content (AvgIpc) is 3.04. The first-order valence-corrected chi connectivity index (χ1v) is 9.31. The number of nitrogens with one attached hydrogen (secondary N) is 2. The van der Waals surface area contributed by atoms with Crippen molar-refractivity contribution in [2.24, 2.45) is 4.99 Å². The van der Waals surface area contributed by atoms with Gasteiger partial charge in [0.05, 0.1) is 5.69 Å². The zero-order valence-corrected chi connectivity index (χ0v) is 15.7. The molecule has 0 radical (unpaired) electrons. The summed E-state index contributed by atoms with van der Waals surface area (Å²) in [6, 6.07) is 14.0. The Morgan fingerprint density at radius 3 is 2.88 bits per heavy atom. The standard InChI is InChI=1S/C20H24ClN5/c1-2-22-20(23-11-9-16-6-5-7-17(21)14-16)24-12-10-18-15-26-13-4-3-8-19(26)25-18/h3-8,13-15H,2,9-12H2,1H3,(H2,22,23,24). The Morgan fingerprint density at radius 1 is 1.15 bits per heavy atom. The van der Waals surface area contributed by atoms with Crippen LogP contribution in [0.15, 0.2) is 59.9 Å². The molecule has 0 aliphatic heterocycles. The van der Waals surface area contributed by atoms with Crippen LogP contribution in [-0.2, 0) is 12.8 Å². The van der Waals surface area contributed by atoms with Crippen LogP contribution in [0.2, 0.25) is 5.02 Å². The minimum Gasteiger partial charge on any atom is -0.357 e. The molecule has 136 valence electrons. The van der Waals surface area contributed by atoms with E-state index < -0.39 is 0 Å². The van der Waals surface area contributed by atoms with Crippen molar-refractivity contribution in [3.05, 3.63) is 71.1 Å². The fraction of sp³-hybridized carbons (Fsp3) is 0.300. The molecule has 0 saturated carbocycles.